The van der Waals surface area contributed by atoms with Crippen LogP contribution < -0.4 is 5.32 Å². The molecule has 0 aromatic heterocycles. The van der Waals surface area contributed by atoms with E-state index in [0.717, 1.165) is 12.8 Å². The molecule has 0 saturated carbocycles. The van der Waals surface area contributed by atoms with Gasteiger partial charge in [0.05, 0.1) is 6.42 Å². The summed E-state index contributed by atoms with van der Waals surface area (Å²) in [6.07, 6.45) is 2.38. The Morgan fingerprint density at radius 3 is 2.28 bits per heavy atom. The van der Waals surface area contributed by atoms with Crippen molar-refractivity contribution in [2.45, 2.75) is 33.1 Å². The summed E-state index contributed by atoms with van der Waals surface area (Å²) in [6, 6.07) is 5.27. The second-order valence-electron chi connectivity index (χ2n) is 4.36. The molecule has 0 saturated heterocycles. The highest BCUT2D eigenvalue weighted by Gasteiger charge is 2.11. The molecule has 1 aromatic carbocycles. The van der Waals surface area contributed by atoms with Gasteiger partial charge in [0, 0.05) is 16.6 Å². The summed E-state index contributed by atoms with van der Waals surface area (Å²) in [5.41, 5.74) is 0.697. The van der Waals surface area contributed by atoms with E-state index in [-0.39, 0.29) is 12.3 Å². The Bertz CT molecular complexity index is 383. The SMILES string of the molecule is CCC(CC)CNC(=O)Cc1c(Cl)cccc1Cl. The summed E-state index contributed by atoms with van der Waals surface area (Å²) in [4.78, 5) is 11.8. The zero-order chi connectivity index (χ0) is 13.5. The van der Waals surface area contributed by atoms with Gasteiger partial charge in [-0.05, 0) is 23.6 Å². The van der Waals surface area contributed by atoms with E-state index in [1.807, 2.05) is 0 Å². The van der Waals surface area contributed by atoms with E-state index in [4.69, 9.17) is 23.2 Å². The van der Waals surface area contributed by atoms with Crippen molar-refractivity contribution in [1.82, 2.24) is 5.32 Å². The van der Waals surface area contributed by atoms with E-state index < -0.39 is 0 Å². The van der Waals surface area contributed by atoms with Crippen LogP contribution in [0.15, 0.2) is 18.2 Å². The molecule has 18 heavy (non-hydrogen) atoms. The van der Waals surface area contributed by atoms with Gasteiger partial charge in [-0.2, -0.15) is 0 Å². The third-order valence-corrected chi connectivity index (χ3v) is 3.85. The lowest BCUT2D eigenvalue weighted by molar-refractivity contribution is -0.120. The molecule has 100 valence electrons. The van der Waals surface area contributed by atoms with Gasteiger partial charge in [0.25, 0.3) is 0 Å². The molecule has 0 radical (unpaired) electrons. The minimum Gasteiger partial charge on any atom is -0.356 e. The maximum absolute atomic E-state index is 11.8. The summed E-state index contributed by atoms with van der Waals surface area (Å²) in [6.45, 7) is 4.98. The smallest absolute Gasteiger partial charge is 0.224 e. The van der Waals surface area contributed by atoms with Crippen LogP contribution in [0.25, 0.3) is 0 Å². The van der Waals surface area contributed by atoms with E-state index >= 15 is 0 Å². The highest BCUT2D eigenvalue weighted by atomic mass is 35.5. The van der Waals surface area contributed by atoms with Gasteiger partial charge in [0.2, 0.25) is 5.91 Å². The number of nitrogens with one attached hydrogen (secondary N) is 1. The Morgan fingerprint density at radius 2 is 1.78 bits per heavy atom. The van der Waals surface area contributed by atoms with Gasteiger partial charge in [-0.15, -0.1) is 0 Å². The highest BCUT2D eigenvalue weighted by molar-refractivity contribution is 6.36. The zero-order valence-corrected chi connectivity index (χ0v) is 12.3. The van der Waals surface area contributed by atoms with Gasteiger partial charge in [0.15, 0.2) is 0 Å². The highest BCUT2D eigenvalue weighted by Crippen LogP contribution is 2.24. The predicted molar refractivity (Wildman–Crippen MR) is 77.2 cm³/mol. The van der Waals surface area contributed by atoms with Crippen molar-refractivity contribution in [3.63, 3.8) is 0 Å². The fraction of sp³-hybridized carbons (Fsp3) is 0.500. The first-order valence-corrected chi connectivity index (χ1v) is 7.03. The molecular weight excluding hydrogens is 269 g/mol. The predicted octanol–water partition coefficient (Wildman–Crippen LogP) is 4.09. The fourth-order valence-electron chi connectivity index (χ4n) is 1.76. The minimum atomic E-state index is -0.0306. The monoisotopic (exact) mass is 287 g/mol. The number of halogens is 2. The van der Waals surface area contributed by atoms with E-state index in [1.165, 1.54) is 0 Å². The second-order valence-corrected chi connectivity index (χ2v) is 5.18. The average molecular weight is 288 g/mol. The summed E-state index contributed by atoms with van der Waals surface area (Å²) < 4.78 is 0. The summed E-state index contributed by atoms with van der Waals surface area (Å²) >= 11 is 12.1. The molecule has 0 aliphatic carbocycles. The molecule has 0 unspecified atom stereocenters. The maximum atomic E-state index is 11.8. The molecule has 1 N–H and O–H groups in total. The lowest BCUT2D eigenvalue weighted by Crippen LogP contribution is -2.30. The van der Waals surface area contributed by atoms with Gasteiger partial charge in [-0.3, -0.25) is 4.79 Å². The van der Waals surface area contributed by atoms with Crippen molar-refractivity contribution in [1.29, 1.82) is 0 Å². The van der Waals surface area contributed by atoms with Crippen molar-refractivity contribution in [2.75, 3.05) is 6.54 Å². The lowest BCUT2D eigenvalue weighted by Gasteiger charge is -2.13. The molecule has 1 rings (SSSR count). The standard InChI is InChI=1S/C14H19Cl2NO/c1-3-10(4-2)9-17-14(18)8-11-12(15)6-5-7-13(11)16/h5-7,10H,3-4,8-9H2,1-2H3,(H,17,18). The van der Waals surface area contributed by atoms with Crippen LogP contribution in [0.1, 0.15) is 32.3 Å². The number of hydrogen-bond donors (Lipinski definition) is 1. The molecule has 0 aliphatic heterocycles. The first kappa shape index (κ1) is 15.3. The van der Waals surface area contributed by atoms with Crippen LogP contribution in [0.5, 0.6) is 0 Å². The van der Waals surface area contributed by atoms with Gasteiger partial charge >= 0.3 is 0 Å². The van der Waals surface area contributed by atoms with E-state index in [9.17, 15) is 4.79 Å². The van der Waals surface area contributed by atoms with Crippen LogP contribution in [0.4, 0.5) is 0 Å². The summed E-state index contributed by atoms with van der Waals surface area (Å²) in [5.74, 6) is 0.507. The van der Waals surface area contributed by atoms with Gasteiger partial charge in [0.1, 0.15) is 0 Å². The van der Waals surface area contributed by atoms with Gasteiger partial charge < -0.3 is 5.32 Å². The number of carbonyl (C=O) groups is 1. The third kappa shape index (κ3) is 4.51. The normalized spacial score (nSPS) is 10.7. The molecule has 0 bridgehead atoms. The molecule has 1 aromatic rings. The van der Waals surface area contributed by atoms with Gasteiger partial charge in [-0.1, -0.05) is 56.0 Å². The van der Waals surface area contributed by atoms with E-state index in [0.29, 0.717) is 28.1 Å². The quantitative estimate of drug-likeness (QED) is 0.839. The van der Waals surface area contributed by atoms with Crippen LogP contribution in [0.3, 0.4) is 0 Å². The minimum absolute atomic E-state index is 0.0306. The largest absolute Gasteiger partial charge is 0.356 e. The zero-order valence-electron chi connectivity index (χ0n) is 10.8. The van der Waals surface area contributed by atoms with E-state index in [1.54, 1.807) is 18.2 Å². The Morgan fingerprint density at radius 1 is 1.22 bits per heavy atom. The fourth-order valence-corrected chi connectivity index (χ4v) is 2.29. The number of rotatable bonds is 6. The molecule has 0 heterocycles. The molecule has 4 heteroatoms. The Balaban J connectivity index is 2.55. The van der Waals surface area contributed by atoms with Crippen molar-refractivity contribution in [3.8, 4) is 0 Å². The number of carbonyl (C=O) groups excluding carboxylic acids is 1. The van der Waals surface area contributed by atoms with Crippen molar-refractivity contribution >= 4 is 29.1 Å². The molecule has 0 spiro atoms. The van der Waals surface area contributed by atoms with Crippen molar-refractivity contribution in [3.05, 3.63) is 33.8 Å². The summed E-state index contributed by atoms with van der Waals surface area (Å²) in [7, 11) is 0. The van der Waals surface area contributed by atoms with E-state index in [2.05, 4.69) is 19.2 Å². The molecule has 1 amide bonds. The molecule has 0 fully saturated rings. The third-order valence-electron chi connectivity index (χ3n) is 3.14. The summed E-state index contributed by atoms with van der Waals surface area (Å²) in [5, 5.41) is 4.01. The molecular formula is C14H19Cl2NO. The topological polar surface area (TPSA) is 29.1 Å². The number of amides is 1. The second kappa shape index (κ2) is 7.65. The molecule has 0 aliphatic rings. The Labute approximate surface area is 119 Å². The molecule has 2 nitrogen and oxygen atoms in total. The molecule has 0 atom stereocenters. The van der Waals surface area contributed by atoms with Crippen LogP contribution in [0.2, 0.25) is 10.0 Å². The maximum Gasteiger partial charge on any atom is 0.224 e. The van der Waals surface area contributed by atoms with Crippen molar-refractivity contribution < 1.29 is 4.79 Å². The Hall–Kier alpha value is -0.730. The van der Waals surface area contributed by atoms with Crippen LogP contribution in [-0.2, 0) is 11.2 Å². The first-order chi connectivity index (χ1) is 8.58. The first-order valence-electron chi connectivity index (χ1n) is 6.28. The van der Waals surface area contributed by atoms with Crippen LogP contribution >= 0.6 is 23.2 Å². The lowest BCUT2D eigenvalue weighted by atomic mass is 10.0. The average Bonchev–Trinajstić information content (AvgIpc) is 2.35. The van der Waals surface area contributed by atoms with Gasteiger partial charge in [-0.25, -0.2) is 0 Å². The van der Waals surface area contributed by atoms with Crippen LogP contribution in [0, 0.1) is 5.92 Å². The van der Waals surface area contributed by atoms with Crippen LogP contribution in [-0.4, -0.2) is 12.5 Å². The number of hydrogen-bond acceptors (Lipinski definition) is 1. The number of benzene rings is 1. The Kier molecular flexibility index (Phi) is 6.51. The van der Waals surface area contributed by atoms with Crippen molar-refractivity contribution in [2.24, 2.45) is 5.92 Å².